The second kappa shape index (κ2) is 4.91. The zero-order chi connectivity index (χ0) is 16.7. The summed E-state index contributed by atoms with van der Waals surface area (Å²) >= 11 is 1.74. The molecule has 25 heavy (non-hydrogen) atoms. The molecule has 2 aromatic rings. The molecule has 8 heteroatoms. The first kappa shape index (κ1) is 14.4. The van der Waals surface area contributed by atoms with Crippen LogP contribution in [0.4, 0.5) is 5.69 Å². The topological polar surface area (TPSA) is 97.9 Å². The summed E-state index contributed by atoms with van der Waals surface area (Å²) < 4.78 is 5.81. The van der Waals surface area contributed by atoms with E-state index >= 15 is 0 Å². The Morgan fingerprint density at radius 1 is 1.36 bits per heavy atom. The number of aromatic amines is 1. The Hall–Kier alpha value is -1.74. The Labute approximate surface area is 148 Å². The maximum atomic E-state index is 10.3. The molecule has 3 fully saturated rings. The van der Waals surface area contributed by atoms with Crippen LogP contribution in [0.25, 0.3) is 10.4 Å². The van der Waals surface area contributed by atoms with Gasteiger partial charge in [0, 0.05) is 28.1 Å². The number of fused-ring (bicyclic) bond motifs is 5. The van der Waals surface area contributed by atoms with Crippen LogP contribution in [0.3, 0.4) is 0 Å². The molecule has 7 nitrogen and oxygen atoms in total. The number of aromatic nitrogens is 2. The first-order valence-electron chi connectivity index (χ1n) is 8.76. The van der Waals surface area contributed by atoms with Gasteiger partial charge in [-0.3, -0.25) is 5.10 Å². The van der Waals surface area contributed by atoms with Crippen molar-refractivity contribution >= 4 is 22.9 Å². The average Bonchev–Trinajstić information content (AvgIpc) is 2.96. The van der Waals surface area contributed by atoms with E-state index in [-0.39, 0.29) is 30.4 Å². The summed E-state index contributed by atoms with van der Waals surface area (Å²) in [6.07, 6.45) is 3.47. The molecule has 4 aliphatic rings. The van der Waals surface area contributed by atoms with Gasteiger partial charge in [0.25, 0.3) is 0 Å². The smallest absolute Gasteiger partial charge is 0.182 e. The number of piperidine rings is 1. The van der Waals surface area contributed by atoms with E-state index in [0.717, 1.165) is 35.6 Å². The van der Waals surface area contributed by atoms with Crippen molar-refractivity contribution in [2.45, 2.75) is 50.3 Å². The van der Waals surface area contributed by atoms with Crippen LogP contribution in [0.15, 0.2) is 17.3 Å². The lowest BCUT2D eigenvalue weighted by Crippen LogP contribution is -2.49. The van der Waals surface area contributed by atoms with Gasteiger partial charge in [-0.1, -0.05) is 0 Å². The number of aryl methyl sites for hydroxylation is 1. The minimum Gasteiger partial charge on any atom is -0.393 e. The summed E-state index contributed by atoms with van der Waals surface area (Å²) in [7, 11) is 0. The molecule has 0 radical (unpaired) electrons. The van der Waals surface area contributed by atoms with E-state index in [1.165, 1.54) is 9.75 Å². The number of nitrogens with one attached hydrogen (secondary N) is 3. The first-order valence-corrected chi connectivity index (χ1v) is 9.57. The maximum Gasteiger partial charge on any atom is 0.182 e. The van der Waals surface area contributed by atoms with Crippen molar-refractivity contribution in [3.8, 4) is 10.4 Å². The molecule has 5 heterocycles. The van der Waals surface area contributed by atoms with Crippen LogP contribution >= 0.6 is 11.3 Å². The van der Waals surface area contributed by atoms with Gasteiger partial charge in [0.2, 0.25) is 0 Å². The van der Waals surface area contributed by atoms with Gasteiger partial charge in [0.15, 0.2) is 6.23 Å². The molecule has 2 bridgehead atoms. The van der Waals surface area contributed by atoms with Crippen molar-refractivity contribution in [3.63, 3.8) is 0 Å². The predicted octanol–water partition coefficient (Wildman–Crippen LogP) is 1.78. The van der Waals surface area contributed by atoms with Crippen LogP contribution in [-0.2, 0) is 4.74 Å². The number of H-pyrrole nitrogens is 1. The number of aliphatic hydroxyl groups is 1. The largest absolute Gasteiger partial charge is 0.393 e. The zero-order valence-corrected chi connectivity index (χ0v) is 14.5. The van der Waals surface area contributed by atoms with Crippen molar-refractivity contribution in [3.05, 3.63) is 22.8 Å². The Balaban J connectivity index is 1.36. The minimum atomic E-state index is -0.231. The summed E-state index contributed by atoms with van der Waals surface area (Å²) in [4.78, 5) is 7.16. The van der Waals surface area contributed by atoms with Crippen molar-refractivity contribution in [1.29, 1.82) is 0 Å². The second-order valence-corrected chi connectivity index (χ2v) is 8.51. The van der Waals surface area contributed by atoms with E-state index in [9.17, 15) is 5.11 Å². The van der Waals surface area contributed by atoms with Crippen molar-refractivity contribution in [2.24, 2.45) is 10.9 Å². The summed E-state index contributed by atoms with van der Waals surface area (Å²) in [6, 6.07) is 2.66. The van der Waals surface area contributed by atoms with Crippen molar-refractivity contribution < 1.29 is 9.84 Å². The Bertz CT molecular complexity index is 889. The van der Waals surface area contributed by atoms with E-state index in [0.29, 0.717) is 6.04 Å². The fourth-order valence-corrected chi connectivity index (χ4v) is 5.74. The lowest BCUT2D eigenvalue weighted by molar-refractivity contribution is 0.111. The van der Waals surface area contributed by atoms with Gasteiger partial charge in [0.05, 0.1) is 28.9 Å². The summed E-state index contributed by atoms with van der Waals surface area (Å²) in [6.45, 7) is 2.03. The number of amidine groups is 1. The third-order valence-electron chi connectivity index (χ3n) is 5.83. The molecule has 2 aromatic heterocycles. The van der Waals surface area contributed by atoms with E-state index in [1.54, 1.807) is 11.3 Å². The number of anilines is 1. The third kappa shape index (κ3) is 2.08. The number of hydrogen-bond acceptors (Lipinski definition) is 7. The van der Waals surface area contributed by atoms with Gasteiger partial charge in [-0.15, -0.1) is 11.3 Å². The molecular formula is C17H19N5O2S. The van der Waals surface area contributed by atoms with Crippen molar-refractivity contribution in [2.75, 3.05) is 5.32 Å². The molecule has 4 unspecified atom stereocenters. The van der Waals surface area contributed by atoms with Crippen LogP contribution in [0.2, 0.25) is 0 Å². The molecule has 0 amide bonds. The van der Waals surface area contributed by atoms with Gasteiger partial charge >= 0.3 is 0 Å². The highest BCUT2D eigenvalue weighted by Crippen LogP contribution is 2.51. The zero-order valence-electron chi connectivity index (χ0n) is 13.7. The average molecular weight is 357 g/mol. The number of epoxide rings is 1. The highest BCUT2D eigenvalue weighted by molar-refractivity contribution is 7.16. The quantitative estimate of drug-likeness (QED) is 0.614. The lowest BCUT2D eigenvalue weighted by Gasteiger charge is -2.28. The molecule has 6 atom stereocenters. The van der Waals surface area contributed by atoms with Crippen LogP contribution < -0.4 is 10.6 Å². The number of nitrogens with zero attached hydrogens (tertiary/aromatic N) is 2. The third-order valence-corrected chi connectivity index (χ3v) is 7.06. The SMILES string of the molecule is Cc1[nH]ncc1-c1cc2c(s1)C1OC1N=C([C@H]1NC3CC1[C@@H](O)C3)N2. The van der Waals surface area contributed by atoms with E-state index in [4.69, 9.17) is 9.73 Å². The highest BCUT2D eigenvalue weighted by Gasteiger charge is 2.51. The molecule has 1 saturated carbocycles. The molecule has 130 valence electrons. The van der Waals surface area contributed by atoms with E-state index < -0.39 is 0 Å². The second-order valence-electron chi connectivity index (χ2n) is 7.43. The number of ether oxygens (including phenoxy) is 1. The highest BCUT2D eigenvalue weighted by atomic mass is 32.1. The number of thiophene rings is 1. The summed E-state index contributed by atoms with van der Waals surface area (Å²) in [5, 5.41) is 24.6. The van der Waals surface area contributed by atoms with Gasteiger partial charge in [-0.25, -0.2) is 4.99 Å². The standard InChI is InChI=1S/C17H19N5O2S/c1-6-9(5-18-22-6)12-4-10-15(25-12)14-17(24-14)21-16(20-10)13-8-2-7(19-13)3-11(8)23/h4-5,7-8,11,13-14,17,19,23H,2-3H2,1H3,(H,18,22)(H,20,21)/t7?,8?,11-,13-,14?,17?/m0/s1. The van der Waals surface area contributed by atoms with Gasteiger partial charge < -0.3 is 20.5 Å². The normalized spacial score (nSPS) is 37.9. The lowest BCUT2D eigenvalue weighted by atomic mass is 9.96. The molecule has 6 rings (SSSR count). The van der Waals surface area contributed by atoms with E-state index in [2.05, 4.69) is 26.9 Å². The Morgan fingerprint density at radius 3 is 3.04 bits per heavy atom. The summed E-state index contributed by atoms with van der Waals surface area (Å²) in [5.41, 5.74) is 3.27. The molecule has 3 aliphatic heterocycles. The molecule has 2 saturated heterocycles. The fourth-order valence-electron chi connectivity index (χ4n) is 4.51. The number of aliphatic imine (C=N–C) groups is 1. The Kier molecular flexibility index (Phi) is 2.84. The fraction of sp³-hybridized carbons (Fsp3) is 0.529. The maximum absolute atomic E-state index is 10.3. The number of hydrogen-bond donors (Lipinski definition) is 4. The Morgan fingerprint density at radius 2 is 2.28 bits per heavy atom. The number of aliphatic hydroxyl groups excluding tert-OH is 1. The van der Waals surface area contributed by atoms with Crippen molar-refractivity contribution in [1.82, 2.24) is 15.5 Å². The van der Waals surface area contributed by atoms with Crippen LogP contribution in [0, 0.1) is 12.8 Å². The molecular weight excluding hydrogens is 338 g/mol. The van der Waals surface area contributed by atoms with Crippen LogP contribution in [-0.4, -0.2) is 45.6 Å². The minimum absolute atomic E-state index is 0.0504. The van der Waals surface area contributed by atoms with Gasteiger partial charge in [-0.2, -0.15) is 5.10 Å². The summed E-state index contributed by atoms with van der Waals surface area (Å²) in [5.74, 6) is 1.15. The molecule has 0 aromatic carbocycles. The monoisotopic (exact) mass is 357 g/mol. The molecule has 4 N–H and O–H groups in total. The van der Waals surface area contributed by atoms with Gasteiger partial charge in [0.1, 0.15) is 11.9 Å². The predicted molar refractivity (Wildman–Crippen MR) is 94.8 cm³/mol. The van der Waals surface area contributed by atoms with E-state index in [1.807, 2.05) is 13.1 Å². The molecule has 0 spiro atoms. The van der Waals surface area contributed by atoms with Gasteiger partial charge in [-0.05, 0) is 25.8 Å². The molecule has 1 aliphatic carbocycles. The first-order chi connectivity index (χ1) is 12.2. The number of rotatable bonds is 2. The van der Waals surface area contributed by atoms with Crippen LogP contribution in [0.5, 0.6) is 0 Å². The van der Waals surface area contributed by atoms with Crippen LogP contribution in [0.1, 0.15) is 29.5 Å².